The van der Waals surface area contributed by atoms with Gasteiger partial charge in [-0.25, -0.2) is 4.98 Å². The van der Waals surface area contributed by atoms with Crippen LogP contribution >= 0.6 is 0 Å². The van der Waals surface area contributed by atoms with Gasteiger partial charge in [0.15, 0.2) is 5.65 Å². The highest BCUT2D eigenvalue weighted by atomic mass is 16.5. The van der Waals surface area contributed by atoms with E-state index in [1.165, 1.54) is 4.52 Å². The van der Waals surface area contributed by atoms with Crippen LogP contribution < -0.4 is 0 Å². The number of rotatable bonds is 7. The molecule has 166 valence electrons. The van der Waals surface area contributed by atoms with Crippen LogP contribution in [0.15, 0.2) is 91.1 Å². The molecule has 0 atom stereocenters. The number of hydrogen-bond acceptors (Lipinski definition) is 5. The predicted octanol–water partition coefficient (Wildman–Crippen LogP) is 5.28. The molecule has 0 amide bonds. The van der Waals surface area contributed by atoms with Crippen LogP contribution in [0, 0.1) is 11.3 Å². The number of benzene rings is 3. The van der Waals surface area contributed by atoms with Gasteiger partial charge < -0.3 is 9.84 Å². The normalized spacial score (nSPS) is 10.9. The summed E-state index contributed by atoms with van der Waals surface area (Å²) < 4.78 is 7.37. The van der Waals surface area contributed by atoms with E-state index in [0.29, 0.717) is 35.5 Å². The Kier molecular flexibility index (Phi) is 6.02. The van der Waals surface area contributed by atoms with Crippen LogP contribution in [0.5, 0.6) is 5.88 Å². The van der Waals surface area contributed by atoms with Crippen molar-refractivity contribution in [1.82, 2.24) is 14.6 Å². The van der Waals surface area contributed by atoms with Gasteiger partial charge in [-0.05, 0) is 28.3 Å². The van der Waals surface area contributed by atoms with E-state index in [-0.39, 0.29) is 12.5 Å². The lowest BCUT2D eigenvalue weighted by molar-refractivity contribution is 0.104. The van der Waals surface area contributed by atoms with Crippen molar-refractivity contribution in [3.05, 3.63) is 119 Å². The monoisotopic (exact) mass is 446 g/mol. The van der Waals surface area contributed by atoms with Crippen molar-refractivity contribution in [2.24, 2.45) is 0 Å². The van der Waals surface area contributed by atoms with Crippen LogP contribution in [-0.2, 0) is 24.4 Å². The SMILES string of the molecule is N#Cc1ccccc1-c1ccc(Cc2c(COCc3ccccc3)nc3ccnn3c2O)cc1. The topological polar surface area (TPSA) is 83.4 Å². The van der Waals surface area contributed by atoms with Crippen molar-refractivity contribution in [2.75, 3.05) is 0 Å². The highest BCUT2D eigenvalue weighted by Crippen LogP contribution is 2.28. The number of hydrogen-bond donors (Lipinski definition) is 1. The Morgan fingerprint density at radius 1 is 0.853 bits per heavy atom. The molecule has 2 heterocycles. The molecule has 0 bridgehead atoms. The summed E-state index contributed by atoms with van der Waals surface area (Å²) in [7, 11) is 0. The molecule has 2 aromatic heterocycles. The molecule has 1 N–H and O–H groups in total. The molecule has 0 spiro atoms. The lowest BCUT2D eigenvalue weighted by Gasteiger charge is -2.13. The van der Waals surface area contributed by atoms with Crippen molar-refractivity contribution in [3.8, 4) is 23.1 Å². The number of nitrogens with zero attached hydrogens (tertiary/aromatic N) is 4. The number of nitriles is 1. The molecule has 34 heavy (non-hydrogen) atoms. The van der Waals surface area contributed by atoms with Gasteiger partial charge in [0.25, 0.3) is 0 Å². The number of ether oxygens (including phenoxy) is 1. The molecule has 3 aromatic carbocycles. The van der Waals surface area contributed by atoms with E-state index in [1.807, 2.05) is 78.9 Å². The second-order valence-corrected chi connectivity index (χ2v) is 7.97. The molecule has 6 heteroatoms. The van der Waals surface area contributed by atoms with Crippen LogP contribution in [0.3, 0.4) is 0 Å². The largest absolute Gasteiger partial charge is 0.493 e. The summed E-state index contributed by atoms with van der Waals surface area (Å²) in [4.78, 5) is 4.69. The molecule has 0 saturated carbocycles. The molecule has 0 aliphatic rings. The van der Waals surface area contributed by atoms with Crippen LogP contribution in [0.1, 0.15) is 27.9 Å². The van der Waals surface area contributed by atoms with Crippen molar-refractivity contribution in [1.29, 1.82) is 5.26 Å². The quantitative estimate of drug-likeness (QED) is 0.368. The lowest BCUT2D eigenvalue weighted by atomic mass is 9.97. The van der Waals surface area contributed by atoms with E-state index < -0.39 is 0 Å². The summed E-state index contributed by atoms with van der Waals surface area (Å²) in [6, 6.07) is 29.5. The molecule has 0 unspecified atom stereocenters. The van der Waals surface area contributed by atoms with E-state index in [0.717, 1.165) is 22.3 Å². The van der Waals surface area contributed by atoms with Gasteiger partial charge in [0, 0.05) is 18.1 Å². The Morgan fingerprint density at radius 3 is 2.41 bits per heavy atom. The van der Waals surface area contributed by atoms with Gasteiger partial charge >= 0.3 is 0 Å². The van der Waals surface area contributed by atoms with Crippen molar-refractivity contribution < 1.29 is 9.84 Å². The zero-order valence-electron chi connectivity index (χ0n) is 18.4. The minimum atomic E-state index is 0.0622. The minimum absolute atomic E-state index is 0.0622. The van der Waals surface area contributed by atoms with Crippen LogP contribution in [0.2, 0.25) is 0 Å². The highest BCUT2D eigenvalue weighted by molar-refractivity contribution is 5.70. The van der Waals surface area contributed by atoms with E-state index in [9.17, 15) is 10.4 Å². The molecule has 0 radical (unpaired) electrons. The highest BCUT2D eigenvalue weighted by Gasteiger charge is 2.16. The first-order valence-corrected chi connectivity index (χ1v) is 11.0. The molecule has 5 aromatic rings. The molecule has 5 rings (SSSR count). The molecule has 0 fully saturated rings. The Bertz CT molecular complexity index is 1470. The molecule has 0 saturated heterocycles. The van der Waals surface area contributed by atoms with Crippen molar-refractivity contribution in [3.63, 3.8) is 0 Å². The lowest BCUT2D eigenvalue weighted by Crippen LogP contribution is -2.07. The van der Waals surface area contributed by atoms with Gasteiger partial charge in [-0.15, -0.1) is 0 Å². The number of aromatic nitrogens is 3. The van der Waals surface area contributed by atoms with E-state index in [4.69, 9.17) is 9.72 Å². The number of fused-ring (bicyclic) bond motifs is 1. The molecule has 0 aliphatic carbocycles. The average molecular weight is 447 g/mol. The fourth-order valence-electron chi connectivity index (χ4n) is 3.99. The Hall–Kier alpha value is -4.47. The molecule has 0 aliphatic heterocycles. The van der Waals surface area contributed by atoms with Crippen LogP contribution in [0.4, 0.5) is 0 Å². The third-order valence-electron chi connectivity index (χ3n) is 5.73. The summed E-state index contributed by atoms with van der Waals surface area (Å²) >= 11 is 0. The van der Waals surface area contributed by atoms with E-state index in [1.54, 1.807) is 12.3 Å². The third kappa shape index (κ3) is 4.38. The summed E-state index contributed by atoms with van der Waals surface area (Å²) in [6.45, 7) is 0.729. The summed E-state index contributed by atoms with van der Waals surface area (Å²) in [5.74, 6) is 0.0622. The predicted molar refractivity (Wildman–Crippen MR) is 129 cm³/mol. The Balaban J connectivity index is 1.41. The minimum Gasteiger partial charge on any atom is -0.493 e. The Labute approximate surface area is 197 Å². The maximum Gasteiger partial charge on any atom is 0.219 e. The van der Waals surface area contributed by atoms with E-state index >= 15 is 0 Å². The van der Waals surface area contributed by atoms with Gasteiger partial charge in [0.1, 0.15) is 0 Å². The van der Waals surface area contributed by atoms with Gasteiger partial charge in [0.2, 0.25) is 5.88 Å². The van der Waals surface area contributed by atoms with Gasteiger partial charge in [-0.1, -0.05) is 72.8 Å². The zero-order valence-corrected chi connectivity index (χ0v) is 18.4. The zero-order chi connectivity index (χ0) is 23.3. The van der Waals surface area contributed by atoms with Gasteiger partial charge in [-0.3, -0.25) is 0 Å². The first kappa shape index (κ1) is 21.4. The van der Waals surface area contributed by atoms with Gasteiger partial charge in [0.05, 0.1) is 36.7 Å². The van der Waals surface area contributed by atoms with Crippen molar-refractivity contribution >= 4 is 5.65 Å². The van der Waals surface area contributed by atoms with Crippen molar-refractivity contribution in [2.45, 2.75) is 19.6 Å². The fourth-order valence-corrected chi connectivity index (χ4v) is 3.99. The smallest absolute Gasteiger partial charge is 0.219 e. The van der Waals surface area contributed by atoms with Crippen LogP contribution in [-0.4, -0.2) is 19.7 Å². The van der Waals surface area contributed by atoms with Gasteiger partial charge in [-0.2, -0.15) is 14.9 Å². The third-order valence-corrected chi connectivity index (χ3v) is 5.73. The maximum atomic E-state index is 11.0. The maximum absolute atomic E-state index is 11.0. The fraction of sp³-hybridized carbons (Fsp3) is 0.107. The summed E-state index contributed by atoms with van der Waals surface area (Å²) in [6.07, 6.45) is 2.08. The summed E-state index contributed by atoms with van der Waals surface area (Å²) in [5.41, 5.74) is 6.51. The molecular weight excluding hydrogens is 424 g/mol. The van der Waals surface area contributed by atoms with Crippen LogP contribution in [0.25, 0.3) is 16.8 Å². The molecule has 6 nitrogen and oxygen atoms in total. The second-order valence-electron chi connectivity index (χ2n) is 7.97. The molecular formula is C28H22N4O2. The number of aromatic hydroxyl groups is 1. The Morgan fingerprint density at radius 2 is 1.62 bits per heavy atom. The first-order chi connectivity index (χ1) is 16.7. The first-order valence-electron chi connectivity index (χ1n) is 11.0. The van der Waals surface area contributed by atoms with E-state index in [2.05, 4.69) is 11.2 Å². The second kappa shape index (κ2) is 9.57. The standard InChI is InChI=1S/C28H22N4O2/c29-17-23-8-4-5-9-24(23)22-12-10-20(11-13-22)16-25-26(19-34-18-21-6-2-1-3-7-21)31-27-14-15-30-32(27)28(25)33/h1-15,33H,16,18-19H2. The summed E-state index contributed by atoms with van der Waals surface area (Å²) in [5, 5.41) is 24.6. The average Bonchev–Trinajstić information content (AvgIpc) is 3.36.